The molecule has 0 spiro atoms. The molecule has 2 heterocycles. The van der Waals surface area contributed by atoms with Crippen LogP contribution in [0.1, 0.15) is 12.8 Å². The summed E-state index contributed by atoms with van der Waals surface area (Å²) in [5, 5.41) is 3.95. The van der Waals surface area contributed by atoms with Gasteiger partial charge in [0.15, 0.2) is 11.0 Å². The average Bonchev–Trinajstić information content (AvgIpc) is 2.90. The maximum absolute atomic E-state index is 6.25. The zero-order valence-electron chi connectivity index (χ0n) is 10.9. The normalized spacial score (nSPS) is 18.9. The molecule has 0 radical (unpaired) electrons. The standard InChI is InChI=1S/C14H17ClN4/c1-19(9-10-5-4-8-16-10)14-13(15)17-11-6-2-3-7-12(11)18-14/h2-3,6-7,10,16H,4-5,8-9H2,1H3. The molecule has 100 valence electrons. The third kappa shape index (κ3) is 2.65. The molecular weight excluding hydrogens is 260 g/mol. The lowest BCUT2D eigenvalue weighted by Crippen LogP contribution is -2.35. The summed E-state index contributed by atoms with van der Waals surface area (Å²) in [6.45, 7) is 2.02. The highest BCUT2D eigenvalue weighted by atomic mass is 35.5. The van der Waals surface area contributed by atoms with E-state index in [1.54, 1.807) is 0 Å². The second-order valence-electron chi connectivity index (χ2n) is 5.00. The topological polar surface area (TPSA) is 41.0 Å². The molecule has 1 saturated heterocycles. The lowest BCUT2D eigenvalue weighted by molar-refractivity contribution is 0.597. The van der Waals surface area contributed by atoms with Crippen molar-refractivity contribution in [1.29, 1.82) is 0 Å². The molecule has 1 aromatic carbocycles. The largest absolute Gasteiger partial charge is 0.356 e. The zero-order chi connectivity index (χ0) is 13.2. The molecule has 1 atom stereocenters. The highest BCUT2D eigenvalue weighted by Crippen LogP contribution is 2.24. The lowest BCUT2D eigenvalue weighted by atomic mass is 10.2. The third-order valence-corrected chi connectivity index (χ3v) is 3.78. The minimum absolute atomic E-state index is 0.471. The zero-order valence-corrected chi connectivity index (χ0v) is 11.7. The van der Waals surface area contributed by atoms with Crippen molar-refractivity contribution in [1.82, 2.24) is 15.3 Å². The number of nitrogens with one attached hydrogen (secondary N) is 1. The molecule has 3 rings (SSSR count). The van der Waals surface area contributed by atoms with Crippen LogP contribution in [-0.4, -0.2) is 36.1 Å². The summed E-state index contributed by atoms with van der Waals surface area (Å²) in [4.78, 5) is 11.1. The predicted octanol–water partition coefficient (Wildman–Crippen LogP) is 2.47. The smallest absolute Gasteiger partial charge is 0.172 e. The molecule has 1 fully saturated rings. The molecule has 0 saturated carbocycles. The van der Waals surface area contributed by atoms with Crippen LogP contribution in [0.5, 0.6) is 0 Å². The van der Waals surface area contributed by atoms with Crippen LogP contribution in [0.15, 0.2) is 24.3 Å². The average molecular weight is 277 g/mol. The number of anilines is 1. The molecule has 4 nitrogen and oxygen atoms in total. The van der Waals surface area contributed by atoms with Gasteiger partial charge in [-0.2, -0.15) is 0 Å². The van der Waals surface area contributed by atoms with Gasteiger partial charge in [0.1, 0.15) is 0 Å². The molecule has 0 aliphatic carbocycles. The van der Waals surface area contributed by atoms with Gasteiger partial charge in [-0.05, 0) is 31.5 Å². The van der Waals surface area contributed by atoms with E-state index in [9.17, 15) is 0 Å². The van der Waals surface area contributed by atoms with Crippen molar-refractivity contribution >= 4 is 28.5 Å². The highest BCUT2D eigenvalue weighted by molar-refractivity contribution is 6.32. The first-order valence-electron chi connectivity index (χ1n) is 6.61. The Labute approximate surface area is 117 Å². The SMILES string of the molecule is CN(CC1CCCN1)c1nc2ccccc2nc1Cl. The Kier molecular flexibility index (Phi) is 3.53. The monoisotopic (exact) mass is 276 g/mol. The van der Waals surface area contributed by atoms with E-state index in [4.69, 9.17) is 11.6 Å². The van der Waals surface area contributed by atoms with Crippen molar-refractivity contribution in [2.45, 2.75) is 18.9 Å². The molecule has 1 aliphatic heterocycles. The van der Waals surface area contributed by atoms with Crippen LogP contribution in [0, 0.1) is 0 Å². The van der Waals surface area contributed by atoms with Crippen LogP contribution in [0.2, 0.25) is 5.15 Å². The quantitative estimate of drug-likeness (QED) is 0.935. The fourth-order valence-corrected chi connectivity index (χ4v) is 2.82. The van der Waals surface area contributed by atoms with E-state index < -0.39 is 0 Å². The predicted molar refractivity (Wildman–Crippen MR) is 78.8 cm³/mol. The number of para-hydroxylation sites is 2. The van der Waals surface area contributed by atoms with E-state index in [-0.39, 0.29) is 0 Å². The first-order chi connectivity index (χ1) is 9.24. The number of hydrogen-bond donors (Lipinski definition) is 1. The molecule has 2 aromatic rings. The highest BCUT2D eigenvalue weighted by Gasteiger charge is 2.18. The summed E-state index contributed by atoms with van der Waals surface area (Å²) in [7, 11) is 2.02. The number of likely N-dealkylation sites (N-methyl/N-ethyl adjacent to an activating group) is 1. The van der Waals surface area contributed by atoms with Gasteiger partial charge in [-0.15, -0.1) is 0 Å². The summed E-state index contributed by atoms with van der Waals surface area (Å²) < 4.78 is 0. The summed E-state index contributed by atoms with van der Waals surface area (Å²) in [5.41, 5.74) is 1.72. The molecule has 0 bridgehead atoms. The fraction of sp³-hybridized carbons (Fsp3) is 0.429. The van der Waals surface area contributed by atoms with Crippen LogP contribution in [-0.2, 0) is 0 Å². The Morgan fingerprint density at radius 2 is 2.05 bits per heavy atom. The number of fused-ring (bicyclic) bond motifs is 1. The second kappa shape index (κ2) is 5.31. The van der Waals surface area contributed by atoms with Crippen molar-refractivity contribution in [2.75, 3.05) is 25.0 Å². The Bertz CT molecular complexity index is 581. The summed E-state index contributed by atoms with van der Waals surface area (Å²) >= 11 is 6.25. The fourth-order valence-electron chi connectivity index (χ4n) is 2.54. The number of halogens is 1. The van der Waals surface area contributed by atoms with Crippen LogP contribution in [0.3, 0.4) is 0 Å². The van der Waals surface area contributed by atoms with Gasteiger partial charge in [-0.25, -0.2) is 9.97 Å². The van der Waals surface area contributed by atoms with E-state index in [2.05, 4.69) is 20.2 Å². The Morgan fingerprint density at radius 1 is 1.32 bits per heavy atom. The lowest BCUT2D eigenvalue weighted by Gasteiger charge is -2.23. The molecule has 0 amide bonds. The van der Waals surface area contributed by atoms with Gasteiger partial charge >= 0.3 is 0 Å². The van der Waals surface area contributed by atoms with Crippen LogP contribution < -0.4 is 10.2 Å². The van der Waals surface area contributed by atoms with E-state index in [1.165, 1.54) is 12.8 Å². The molecule has 5 heteroatoms. The number of nitrogens with zero attached hydrogens (tertiary/aromatic N) is 3. The number of rotatable bonds is 3. The van der Waals surface area contributed by atoms with E-state index in [0.717, 1.165) is 29.9 Å². The maximum atomic E-state index is 6.25. The van der Waals surface area contributed by atoms with Gasteiger partial charge in [0.25, 0.3) is 0 Å². The first-order valence-corrected chi connectivity index (χ1v) is 6.98. The van der Waals surface area contributed by atoms with Gasteiger partial charge in [-0.3, -0.25) is 0 Å². The maximum Gasteiger partial charge on any atom is 0.172 e. The Balaban J connectivity index is 1.88. The summed E-state index contributed by atoms with van der Waals surface area (Å²) in [5.74, 6) is 0.758. The molecular formula is C14H17ClN4. The molecule has 1 aromatic heterocycles. The van der Waals surface area contributed by atoms with Gasteiger partial charge in [-0.1, -0.05) is 23.7 Å². The molecule has 1 N–H and O–H groups in total. The summed E-state index contributed by atoms with van der Waals surface area (Å²) in [6.07, 6.45) is 2.46. The van der Waals surface area contributed by atoms with Crippen LogP contribution >= 0.6 is 11.6 Å². The van der Waals surface area contributed by atoms with Crippen LogP contribution in [0.4, 0.5) is 5.82 Å². The Morgan fingerprint density at radius 3 is 2.74 bits per heavy atom. The van der Waals surface area contributed by atoms with Gasteiger partial charge in [0.2, 0.25) is 0 Å². The second-order valence-corrected chi connectivity index (χ2v) is 5.36. The van der Waals surface area contributed by atoms with Crippen molar-refractivity contribution in [3.63, 3.8) is 0 Å². The van der Waals surface area contributed by atoms with Gasteiger partial charge in [0, 0.05) is 19.6 Å². The van der Waals surface area contributed by atoms with Gasteiger partial charge in [0.05, 0.1) is 11.0 Å². The summed E-state index contributed by atoms with van der Waals surface area (Å²) in [6, 6.07) is 8.32. The van der Waals surface area contributed by atoms with Crippen LogP contribution in [0.25, 0.3) is 11.0 Å². The van der Waals surface area contributed by atoms with E-state index >= 15 is 0 Å². The van der Waals surface area contributed by atoms with Crippen molar-refractivity contribution in [3.8, 4) is 0 Å². The van der Waals surface area contributed by atoms with E-state index in [1.807, 2.05) is 31.3 Å². The first kappa shape index (κ1) is 12.6. The number of aromatic nitrogens is 2. The number of hydrogen-bond acceptors (Lipinski definition) is 4. The van der Waals surface area contributed by atoms with Crippen molar-refractivity contribution in [2.24, 2.45) is 0 Å². The molecule has 1 aliphatic rings. The van der Waals surface area contributed by atoms with Crippen molar-refractivity contribution < 1.29 is 0 Å². The minimum atomic E-state index is 0.471. The minimum Gasteiger partial charge on any atom is -0.356 e. The number of benzene rings is 1. The van der Waals surface area contributed by atoms with Gasteiger partial charge < -0.3 is 10.2 Å². The van der Waals surface area contributed by atoms with Crippen molar-refractivity contribution in [3.05, 3.63) is 29.4 Å². The third-order valence-electron chi connectivity index (χ3n) is 3.53. The Hall–Kier alpha value is -1.39. The van der Waals surface area contributed by atoms with E-state index in [0.29, 0.717) is 11.2 Å². The molecule has 1 unspecified atom stereocenters. The molecule has 19 heavy (non-hydrogen) atoms.